The quantitative estimate of drug-likeness (QED) is 0.869. The number of nitrogens with zero attached hydrogens (tertiary/aromatic N) is 2. The van der Waals surface area contributed by atoms with Crippen molar-refractivity contribution < 1.29 is 0 Å². The normalized spacial score (nSPS) is 18.3. The third-order valence-electron chi connectivity index (χ3n) is 4.38. The van der Waals surface area contributed by atoms with Crippen molar-refractivity contribution in [3.63, 3.8) is 0 Å². The minimum absolute atomic E-state index is 0.485. The molecule has 0 saturated heterocycles. The molecule has 0 saturated carbocycles. The molecule has 1 N–H and O–H groups in total. The Hall–Kier alpha value is -1.61. The van der Waals surface area contributed by atoms with Crippen LogP contribution in [0.3, 0.4) is 0 Å². The van der Waals surface area contributed by atoms with E-state index < -0.39 is 0 Å². The van der Waals surface area contributed by atoms with Crippen molar-refractivity contribution in [1.29, 1.82) is 0 Å². The van der Waals surface area contributed by atoms with E-state index >= 15 is 0 Å². The van der Waals surface area contributed by atoms with Crippen LogP contribution >= 0.6 is 0 Å². The van der Waals surface area contributed by atoms with E-state index in [-0.39, 0.29) is 0 Å². The molecule has 1 unspecified atom stereocenters. The van der Waals surface area contributed by atoms with E-state index in [2.05, 4.69) is 59.4 Å². The first kappa shape index (κ1) is 14.3. The Bertz CT molecular complexity index is 600. The Morgan fingerprint density at radius 1 is 1.33 bits per heavy atom. The Balaban J connectivity index is 1.87. The van der Waals surface area contributed by atoms with Crippen LogP contribution in [0.2, 0.25) is 0 Å². The molecule has 1 aliphatic carbocycles. The summed E-state index contributed by atoms with van der Waals surface area (Å²) in [6, 6.07) is 9.22. The minimum Gasteiger partial charge on any atom is -0.310 e. The Kier molecular flexibility index (Phi) is 4.39. The Labute approximate surface area is 127 Å². The Morgan fingerprint density at radius 3 is 3.05 bits per heavy atom. The summed E-state index contributed by atoms with van der Waals surface area (Å²) in [7, 11) is 0. The van der Waals surface area contributed by atoms with E-state index in [4.69, 9.17) is 0 Å². The van der Waals surface area contributed by atoms with E-state index in [1.165, 1.54) is 41.6 Å². The average molecular weight is 283 g/mol. The first-order valence-corrected chi connectivity index (χ1v) is 8.11. The van der Waals surface area contributed by atoms with Crippen molar-refractivity contribution in [2.75, 3.05) is 6.54 Å². The summed E-state index contributed by atoms with van der Waals surface area (Å²) in [6.45, 7) is 6.24. The van der Waals surface area contributed by atoms with Gasteiger partial charge in [0.15, 0.2) is 0 Å². The van der Waals surface area contributed by atoms with E-state index in [0.717, 1.165) is 19.5 Å². The molecule has 1 aliphatic rings. The molecule has 112 valence electrons. The number of rotatable bonds is 4. The van der Waals surface area contributed by atoms with E-state index in [9.17, 15) is 0 Å². The molecule has 0 fully saturated rings. The topological polar surface area (TPSA) is 29.9 Å². The summed E-state index contributed by atoms with van der Waals surface area (Å²) in [6.07, 6.45) is 7.05. The molecule has 0 spiro atoms. The first-order valence-electron chi connectivity index (χ1n) is 8.11. The highest BCUT2D eigenvalue weighted by atomic mass is 15.3. The number of hydrogen-bond donors (Lipinski definition) is 1. The van der Waals surface area contributed by atoms with Crippen molar-refractivity contribution in [2.24, 2.45) is 0 Å². The highest BCUT2D eigenvalue weighted by Gasteiger charge is 2.21. The van der Waals surface area contributed by atoms with Gasteiger partial charge in [-0.05, 0) is 38.3 Å². The lowest BCUT2D eigenvalue weighted by molar-refractivity contribution is 0.503. The van der Waals surface area contributed by atoms with Gasteiger partial charge in [-0.15, -0.1) is 0 Å². The highest BCUT2D eigenvalue weighted by Crippen LogP contribution is 2.28. The maximum absolute atomic E-state index is 4.67. The SMILES string of the molecule is CCNC1CCCCc2c1cnn2Cc1cccc(C)c1. The van der Waals surface area contributed by atoms with Gasteiger partial charge in [0.25, 0.3) is 0 Å². The summed E-state index contributed by atoms with van der Waals surface area (Å²) in [5.74, 6) is 0. The lowest BCUT2D eigenvalue weighted by Gasteiger charge is -2.15. The zero-order valence-electron chi connectivity index (χ0n) is 13.1. The van der Waals surface area contributed by atoms with Crippen molar-refractivity contribution in [1.82, 2.24) is 15.1 Å². The summed E-state index contributed by atoms with van der Waals surface area (Å²) in [5.41, 5.74) is 5.50. The van der Waals surface area contributed by atoms with Gasteiger partial charge >= 0.3 is 0 Å². The smallest absolute Gasteiger partial charge is 0.0662 e. The molecule has 1 aromatic heterocycles. The molecule has 3 nitrogen and oxygen atoms in total. The summed E-state index contributed by atoms with van der Waals surface area (Å²) < 4.78 is 2.21. The summed E-state index contributed by atoms with van der Waals surface area (Å²) in [4.78, 5) is 0. The minimum atomic E-state index is 0.485. The molecule has 1 atom stereocenters. The second kappa shape index (κ2) is 6.44. The zero-order chi connectivity index (χ0) is 14.7. The predicted molar refractivity (Wildman–Crippen MR) is 86.5 cm³/mol. The molecule has 3 rings (SSSR count). The number of benzene rings is 1. The molecular formula is C18H25N3. The third-order valence-corrected chi connectivity index (χ3v) is 4.38. The van der Waals surface area contributed by atoms with Crippen molar-refractivity contribution in [3.05, 3.63) is 52.8 Å². The molecule has 0 aliphatic heterocycles. The molecule has 1 aromatic carbocycles. The maximum Gasteiger partial charge on any atom is 0.0662 e. The molecule has 21 heavy (non-hydrogen) atoms. The van der Waals surface area contributed by atoms with Gasteiger partial charge in [-0.3, -0.25) is 4.68 Å². The predicted octanol–water partition coefficient (Wildman–Crippen LogP) is 3.62. The fraction of sp³-hybridized carbons (Fsp3) is 0.500. The van der Waals surface area contributed by atoms with Crippen LogP contribution in [-0.4, -0.2) is 16.3 Å². The number of nitrogens with one attached hydrogen (secondary N) is 1. The van der Waals surface area contributed by atoms with E-state index in [0.29, 0.717) is 6.04 Å². The van der Waals surface area contributed by atoms with Gasteiger partial charge in [0, 0.05) is 17.3 Å². The van der Waals surface area contributed by atoms with Gasteiger partial charge in [0.2, 0.25) is 0 Å². The van der Waals surface area contributed by atoms with Gasteiger partial charge in [-0.25, -0.2) is 0 Å². The number of hydrogen-bond acceptors (Lipinski definition) is 2. The molecule has 1 heterocycles. The van der Waals surface area contributed by atoms with Crippen molar-refractivity contribution >= 4 is 0 Å². The van der Waals surface area contributed by atoms with Gasteiger partial charge in [0.05, 0.1) is 12.7 Å². The average Bonchev–Trinajstić information content (AvgIpc) is 2.74. The van der Waals surface area contributed by atoms with Crippen LogP contribution in [-0.2, 0) is 13.0 Å². The number of aryl methyl sites for hydroxylation is 1. The van der Waals surface area contributed by atoms with Gasteiger partial charge in [-0.1, -0.05) is 43.2 Å². The summed E-state index contributed by atoms with van der Waals surface area (Å²) in [5, 5.41) is 8.29. The third kappa shape index (κ3) is 3.18. The molecule has 0 amide bonds. The van der Waals surface area contributed by atoms with Crippen LogP contribution in [0, 0.1) is 6.92 Å². The van der Waals surface area contributed by atoms with Gasteiger partial charge in [0.1, 0.15) is 0 Å². The van der Waals surface area contributed by atoms with Gasteiger partial charge in [-0.2, -0.15) is 5.10 Å². The molecule has 0 bridgehead atoms. The lowest BCUT2D eigenvalue weighted by Crippen LogP contribution is -2.20. The fourth-order valence-electron chi connectivity index (χ4n) is 3.36. The number of aromatic nitrogens is 2. The fourth-order valence-corrected chi connectivity index (χ4v) is 3.36. The maximum atomic E-state index is 4.67. The largest absolute Gasteiger partial charge is 0.310 e. The van der Waals surface area contributed by atoms with Crippen molar-refractivity contribution in [3.8, 4) is 0 Å². The first-order chi connectivity index (χ1) is 10.3. The summed E-state index contributed by atoms with van der Waals surface area (Å²) >= 11 is 0. The molecular weight excluding hydrogens is 258 g/mol. The molecule has 0 radical (unpaired) electrons. The van der Waals surface area contributed by atoms with Crippen LogP contribution in [0.15, 0.2) is 30.5 Å². The highest BCUT2D eigenvalue weighted by molar-refractivity contribution is 5.27. The second-order valence-corrected chi connectivity index (χ2v) is 6.05. The second-order valence-electron chi connectivity index (χ2n) is 6.05. The van der Waals surface area contributed by atoms with Crippen molar-refractivity contribution in [2.45, 2.75) is 52.1 Å². The van der Waals surface area contributed by atoms with Crippen LogP contribution in [0.1, 0.15) is 54.6 Å². The van der Waals surface area contributed by atoms with Crippen LogP contribution in [0.25, 0.3) is 0 Å². The van der Waals surface area contributed by atoms with Crippen LogP contribution in [0.5, 0.6) is 0 Å². The zero-order valence-corrected chi connectivity index (χ0v) is 13.1. The molecule has 3 heteroatoms. The van der Waals surface area contributed by atoms with E-state index in [1.54, 1.807) is 0 Å². The van der Waals surface area contributed by atoms with E-state index in [1.807, 2.05) is 0 Å². The monoisotopic (exact) mass is 283 g/mol. The van der Waals surface area contributed by atoms with Crippen LogP contribution < -0.4 is 5.32 Å². The number of fused-ring (bicyclic) bond motifs is 1. The Morgan fingerprint density at radius 2 is 2.24 bits per heavy atom. The standard InChI is InChI=1S/C18H25N3/c1-3-19-17-9-4-5-10-18-16(17)12-20-21(18)13-15-8-6-7-14(2)11-15/h6-8,11-12,17,19H,3-5,9-10,13H2,1-2H3. The molecule has 2 aromatic rings. The lowest BCUT2D eigenvalue weighted by atomic mass is 10.1. The van der Waals surface area contributed by atoms with Gasteiger partial charge < -0.3 is 5.32 Å². The van der Waals surface area contributed by atoms with Crippen LogP contribution in [0.4, 0.5) is 0 Å².